The molecule has 0 aliphatic heterocycles. The SMILES string of the molecule is CS(=O)(=NC#N)c1ccc2ccccc2c1. The van der Waals surface area contributed by atoms with Gasteiger partial charge in [0.2, 0.25) is 6.19 Å². The van der Waals surface area contributed by atoms with Crippen LogP contribution in [0.5, 0.6) is 0 Å². The molecule has 4 heteroatoms. The maximum absolute atomic E-state index is 12.0. The van der Waals surface area contributed by atoms with Gasteiger partial charge in [0, 0.05) is 11.2 Å². The van der Waals surface area contributed by atoms with E-state index in [-0.39, 0.29) is 0 Å². The van der Waals surface area contributed by atoms with Crippen LogP contribution in [0, 0.1) is 11.5 Å². The van der Waals surface area contributed by atoms with Gasteiger partial charge >= 0.3 is 0 Å². The molecule has 1 unspecified atom stereocenters. The molecule has 0 aromatic heterocycles. The molecule has 3 nitrogen and oxygen atoms in total. The van der Waals surface area contributed by atoms with Gasteiger partial charge in [0.25, 0.3) is 0 Å². The lowest BCUT2D eigenvalue weighted by molar-refractivity contribution is 0.681. The van der Waals surface area contributed by atoms with E-state index in [9.17, 15) is 4.21 Å². The summed E-state index contributed by atoms with van der Waals surface area (Å²) in [5, 5.41) is 10.6. The van der Waals surface area contributed by atoms with Gasteiger partial charge in [-0.1, -0.05) is 30.3 Å². The van der Waals surface area contributed by atoms with Crippen molar-refractivity contribution in [1.82, 2.24) is 0 Å². The Hall–Kier alpha value is -1.86. The highest BCUT2D eigenvalue weighted by molar-refractivity contribution is 7.93. The first kappa shape index (κ1) is 10.7. The van der Waals surface area contributed by atoms with Crippen LogP contribution in [-0.4, -0.2) is 10.5 Å². The molecule has 16 heavy (non-hydrogen) atoms. The number of hydrogen-bond acceptors (Lipinski definition) is 3. The Balaban J connectivity index is 2.70. The van der Waals surface area contributed by atoms with E-state index in [4.69, 9.17) is 5.26 Å². The molecule has 0 aliphatic carbocycles. The van der Waals surface area contributed by atoms with Crippen molar-refractivity contribution < 1.29 is 4.21 Å². The molecule has 0 aliphatic rings. The molecule has 0 bridgehead atoms. The van der Waals surface area contributed by atoms with Crippen molar-refractivity contribution in [3.63, 3.8) is 0 Å². The van der Waals surface area contributed by atoms with E-state index in [0.717, 1.165) is 10.8 Å². The third-order valence-corrected chi connectivity index (χ3v) is 3.93. The van der Waals surface area contributed by atoms with E-state index < -0.39 is 9.73 Å². The Morgan fingerprint density at radius 1 is 1.19 bits per heavy atom. The Kier molecular flexibility index (Phi) is 2.63. The zero-order valence-electron chi connectivity index (χ0n) is 8.75. The summed E-state index contributed by atoms with van der Waals surface area (Å²) in [5.74, 6) is 0. The molecule has 0 amide bonds. The smallest absolute Gasteiger partial charge is 0.214 e. The van der Waals surface area contributed by atoms with E-state index >= 15 is 0 Å². The minimum Gasteiger partial charge on any atom is -0.244 e. The molecule has 0 heterocycles. The van der Waals surface area contributed by atoms with Gasteiger partial charge in [0.15, 0.2) is 0 Å². The van der Waals surface area contributed by atoms with Crippen LogP contribution in [0.15, 0.2) is 51.7 Å². The second-order valence-electron chi connectivity index (χ2n) is 3.50. The van der Waals surface area contributed by atoms with Gasteiger partial charge in [0.05, 0.1) is 9.73 Å². The lowest BCUT2D eigenvalue weighted by atomic mass is 10.1. The molecule has 0 saturated heterocycles. The molecule has 80 valence electrons. The lowest BCUT2D eigenvalue weighted by Gasteiger charge is -2.03. The molecule has 0 radical (unpaired) electrons. The first-order chi connectivity index (χ1) is 7.63. The third kappa shape index (κ3) is 1.90. The first-order valence-corrected chi connectivity index (χ1v) is 6.65. The number of nitrogens with zero attached hydrogens (tertiary/aromatic N) is 2. The molecular formula is C12H10N2OS. The van der Waals surface area contributed by atoms with Crippen LogP contribution in [0.1, 0.15) is 0 Å². The van der Waals surface area contributed by atoms with Gasteiger partial charge in [-0.15, -0.1) is 4.36 Å². The summed E-state index contributed by atoms with van der Waals surface area (Å²) < 4.78 is 15.5. The topological polar surface area (TPSA) is 53.2 Å². The highest BCUT2D eigenvalue weighted by Gasteiger charge is 2.06. The first-order valence-electron chi connectivity index (χ1n) is 4.72. The number of nitriles is 1. The standard InChI is InChI=1S/C12H10N2OS/c1-16(15,14-9-13)12-7-6-10-4-2-3-5-11(10)8-12/h2-8H,1H3. The highest BCUT2D eigenvalue weighted by Crippen LogP contribution is 2.19. The van der Waals surface area contributed by atoms with Gasteiger partial charge < -0.3 is 0 Å². The van der Waals surface area contributed by atoms with Crippen LogP contribution in [0.25, 0.3) is 10.8 Å². The fourth-order valence-electron chi connectivity index (χ4n) is 1.53. The van der Waals surface area contributed by atoms with Crippen molar-refractivity contribution in [2.45, 2.75) is 4.90 Å². The highest BCUT2D eigenvalue weighted by atomic mass is 32.2. The van der Waals surface area contributed by atoms with Crippen molar-refractivity contribution in [2.75, 3.05) is 6.26 Å². The second kappa shape index (κ2) is 3.95. The third-order valence-electron chi connectivity index (χ3n) is 2.37. The zero-order chi connectivity index (χ0) is 11.6. The Bertz CT molecular complexity index is 691. The van der Waals surface area contributed by atoms with Crippen molar-refractivity contribution in [1.29, 1.82) is 5.26 Å². The van der Waals surface area contributed by atoms with E-state index in [1.54, 1.807) is 12.3 Å². The Morgan fingerprint density at radius 2 is 1.88 bits per heavy atom. The predicted molar refractivity (Wildman–Crippen MR) is 64.3 cm³/mol. The van der Waals surface area contributed by atoms with E-state index in [1.165, 1.54) is 6.26 Å². The van der Waals surface area contributed by atoms with Crippen LogP contribution in [0.2, 0.25) is 0 Å². The lowest BCUT2D eigenvalue weighted by Crippen LogP contribution is -1.96. The van der Waals surface area contributed by atoms with Crippen molar-refractivity contribution in [3.8, 4) is 6.19 Å². The summed E-state index contributed by atoms with van der Waals surface area (Å²) >= 11 is 0. The van der Waals surface area contributed by atoms with E-state index in [2.05, 4.69) is 4.36 Å². The average molecular weight is 230 g/mol. The number of fused-ring (bicyclic) bond motifs is 1. The maximum Gasteiger partial charge on any atom is 0.214 e. The minimum atomic E-state index is -2.59. The quantitative estimate of drug-likeness (QED) is 0.707. The van der Waals surface area contributed by atoms with Gasteiger partial charge in [-0.25, -0.2) is 4.21 Å². The van der Waals surface area contributed by atoms with Crippen LogP contribution >= 0.6 is 0 Å². The van der Waals surface area contributed by atoms with Gasteiger partial charge in [0.1, 0.15) is 0 Å². The fourth-order valence-corrected chi connectivity index (χ4v) is 2.46. The monoisotopic (exact) mass is 230 g/mol. The summed E-state index contributed by atoms with van der Waals surface area (Å²) in [7, 11) is -2.59. The summed E-state index contributed by atoms with van der Waals surface area (Å²) in [6, 6.07) is 13.3. The van der Waals surface area contributed by atoms with Gasteiger partial charge in [-0.2, -0.15) is 5.26 Å². The maximum atomic E-state index is 12.0. The second-order valence-corrected chi connectivity index (χ2v) is 5.76. The predicted octanol–water partition coefficient (Wildman–Crippen LogP) is 2.78. The largest absolute Gasteiger partial charge is 0.244 e. The van der Waals surface area contributed by atoms with Gasteiger partial charge in [-0.3, -0.25) is 0 Å². The number of benzene rings is 2. The molecule has 2 aromatic rings. The van der Waals surface area contributed by atoms with Crippen LogP contribution < -0.4 is 0 Å². The molecular weight excluding hydrogens is 220 g/mol. The molecule has 0 saturated carbocycles. The fraction of sp³-hybridized carbons (Fsp3) is 0.0833. The van der Waals surface area contributed by atoms with Gasteiger partial charge in [-0.05, 0) is 22.9 Å². The molecule has 0 spiro atoms. The van der Waals surface area contributed by atoms with Crippen molar-refractivity contribution in [3.05, 3.63) is 42.5 Å². The minimum absolute atomic E-state index is 0.591. The molecule has 1 atom stereocenters. The van der Waals surface area contributed by atoms with Crippen molar-refractivity contribution >= 4 is 20.5 Å². The molecule has 0 fully saturated rings. The number of hydrogen-bond donors (Lipinski definition) is 0. The summed E-state index contributed by atoms with van der Waals surface area (Å²) in [6.45, 7) is 0. The van der Waals surface area contributed by atoms with Crippen molar-refractivity contribution in [2.24, 2.45) is 4.36 Å². The Morgan fingerprint density at radius 3 is 2.56 bits per heavy atom. The summed E-state index contributed by atoms with van der Waals surface area (Å²) in [5.41, 5.74) is 0. The summed E-state index contributed by atoms with van der Waals surface area (Å²) in [6.07, 6.45) is 3.08. The van der Waals surface area contributed by atoms with E-state index in [1.807, 2.05) is 36.4 Å². The van der Waals surface area contributed by atoms with Crippen LogP contribution in [0.3, 0.4) is 0 Å². The Labute approximate surface area is 94.5 Å². The molecule has 2 aromatic carbocycles. The normalized spacial score (nSPS) is 14.0. The molecule has 0 N–H and O–H groups in total. The van der Waals surface area contributed by atoms with Crippen LogP contribution in [-0.2, 0) is 9.73 Å². The average Bonchev–Trinajstić information content (AvgIpc) is 2.28. The van der Waals surface area contributed by atoms with E-state index in [0.29, 0.717) is 4.90 Å². The zero-order valence-corrected chi connectivity index (χ0v) is 9.57. The number of rotatable bonds is 1. The summed E-state index contributed by atoms with van der Waals surface area (Å²) in [4.78, 5) is 0.591. The van der Waals surface area contributed by atoms with Crippen LogP contribution in [0.4, 0.5) is 0 Å². The molecule has 2 rings (SSSR count).